The lowest BCUT2D eigenvalue weighted by molar-refractivity contribution is 0.229. The van der Waals surface area contributed by atoms with Crippen LogP contribution in [0, 0.1) is 5.92 Å². The van der Waals surface area contributed by atoms with Crippen LogP contribution in [-0.4, -0.2) is 16.7 Å². The summed E-state index contributed by atoms with van der Waals surface area (Å²) < 4.78 is 11.3. The van der Waals surface area contributed by atoms with Gasteiger partial charge in [-0.3, -0.25) is 0 Å². The van der Waals surface area contributed by atoms with Crippen LogP contribution in [0.15, 0.2) is 28.8 Å². The molecule has 5 nitrogen and oxygen atoms in total. The van der Waals surface area contributed by atoms with E-state index >= 15 is 0 Å². The number of rotatable bonds is 5. The minimum atomic E-state index is -0.397. The average Bonchev–Trinajstić information content (AvgIpc) is 3.18. The molecule has 2 aromatic rings. The summed E-state index contributed by atoms with van der Waals surface area (Å²) in [5, 5.41) is 4.07. The molecule has 118 valence electrons. The Morgan fingerprint density at radius 2 is 2.05 bits per heavy atom. The molecular formula is C16H20ClN3O2. The molecule has 1 aromatic carbocycles. The molecule has 6 heteroatoms. The second-order valence-electron chi connectivity index (χ2n) is 6.18. The molecule has 0 atom stereocenters. The Morgan fingerprint density at radius 1 is 1.27 bits per heavy atom. The van der Waals surface area contributed by atoms with Crippen molar-refractivity contribution in [3.63, 3.8) is 0 Å². The number of benzene rings is 1. The monoisotopic (exact) mass is 321 g/mol. The van der Waals surface area contributed by atoms with Gasteiger partial charge in [-0.2, -0.15) is 4.98 Å². The first-order chi connectivity index (χ1) is 10.2. The van der Waals surface area contributed by atoms with E-state index < -0.39 is 5.54 Å². The lowest BCUT2D eigenvalue weighted by Gasteiger charge is -2.34. The molecule has 0 spiro atoms. The maximum absolute atomic E-state index is 6.24. The fourth-order valence-electron chi connectivity index (χ4n) is 2.58. The predicted octanol–water partition coefficient (Wildman–Crippen LogP) is 3.29. The van der Waals surface area contributed by atoms with Crippen LogP contribution in [0.5, 0.6) is 5.75 Å². The highest BCUT2D eigenvalue weighted by atomic mass is 35.5. The Balaban J connectivity index is 0.00000144. The largest absolute Gasteiger partial charge is 0.492 e. The molecule has 0 unspecified atom stereocenters. The second kappa shape index (κ2) is 5.89. The summed E-state index contributed by atoms with van der Waals surface area (Å²) in [6.45, 7) is 0.763. The van der Waals surface area contributed by atoms with Crippen LogP contribution in [0.2, 0.25) is 0 Å². The van der Waals surface area contributed by atoms with E-state index in [9.17, 15) is 0 Å². The first kappa shape index (κ1) is 15.3. The van der Waals surface area contributed by atoms with Crippen LogP contribution >= 0.6 is 12.4 Å². The Bertz CT molecular complexity index is 650. The minimum absolute atomic E-state index is 0. The maximum atomic E-state index is 6.24. The van der Waals surface area contributed by atoms with Gasteiger partial charge in [0.05, 0.1) is 17.7 Å². The molecule has 0 amide bonds. The van der Waals surface area contributed by atoms with E-state index in [1.165, 1.54) is 12.8 Å². The Kier molecular flexibility index (Phi) is 4.10. The first-order valence-electron chi connectivity index (χ1n) is 7.60. The van der Waals surface area contributed by atoms with Crippen LogP contribution in [0.1, 0.15) is 37.9 Å². The maximum Gasteiger partial charge on any atom is 0.261 e. The Labute approximate surface area is 135 Å². The molecule has 22 heavy (non-hydrogen) atoms. The summed E-state index contributed by atoms with van der Waals surface area (Å²) in [4.78, 5) is 4.49. The van der Waals surface area contributed by atoms with E-state index in [1.807, 2.05) is 24.3 Å². The molecule has 2 aliphatic rings. The Morgan fingerprint density at radius 3 is 2.73 bits per heavy atom. The summed E-state index contributed by atoms with van der Waals surface area (Å²) in [5.74, 6) is 2.62. The molecule has 2 aliphatic carbocycles. The van der Waals surface area contributed by atoms with E-state index in [0.717, 1.165) is 37.2 Å². The number of nitrogens with zero attached hydrogens (tertiary/aromatic N) is 2. The van der Waals surface area contributed by atoms with Crippen molar-refractivity contribution >= 4 is 12.4 Å². The standard InChI is InChI=1S/C16H19N3O2.ClH/c17-16(8-3-9-16)15-18-14(21-19-15)12-4-1-2-5-13(12)20-10-11-6-7-11;/h1-2,4-5,11H,3,6-10,17H2;1H. The molecule has 0 aliphatic heterocycles. The third-order valence-corrected chi connectivity index (χ3v) is 4.41. The molecule has 2 saturated carbocycles. The van der Waals surface area contributed by atoms with Crippen LogP contribution in [0.3, 0.4) is 0 Å². The molecule has 2 fully saturated rings. The summed E-state index contributed by atoms with van der Waals surface area (Å²) in [5.41, 5.74) is 6.69. The number of halogens is 1. The zero-order valence-electron chi connectivity index (χ0n) is 12.3. The molecule has 1 aromatic heterocycles. The lowest BCUT2D eigenvalue weighted by Crippen LogP contribution is -2.44. The van der Waals surface area contributed by atoms with Gasteiger partial charge in [-0.05, 0) is 50.2 Å². The quantitative estimate of drug-likeness (QED) is 0.914. The molecule has 4 rings (SSSR count). The zero-order valence-corrected chi connectivity index (χ0v) is 13.1. The van der Waals surface area contributed by atoms with E-state index in [1.54, 1.807) is 0 Å². The van der Waals surface area contributed by atoms with Crippen molar-refractivity contribution in [2.45, 2.75) is 37.6 Å². The van der Waals surface area contributed by atoms with Crippen molar-refractivity contribution in [1.82, 2.24) is 10.1 Å². The number of aromatic nitrogens is 2. The van der Waals surface area contributed by atoms with Crippen molar-refractivity contribution in [2.24, 2.45) is 11.7 Å². The topological polar surface area (TPSA) is 74.2 Å². The molecule has 0 bridgehead atoms. The van der Waals surface area contributed by atoms with Gasteiger partial charge in [-0.15, -0.1) is 12.4 Å². The summed E-state index contributed by atoms with van der Waals surface area (Å²) in [6.07, 6.45) is 5.50. The highest BCUT2D eigenvalue weighted by Gasteiger charge is 2.39. The van der Waals surface area contributed by atoms with Gasteiger partial charge < -0.3 is 15.0 Å². The van der Waals surface area contributed by atoms with Gasteiger partial charge in [0.1, 0.15) is 5.75 Å². The minimum Gasteiger partial charge on any atom is -0.492 e. The predicted molar refractivity (Wildman–Crippen MR) is 84.9 cm³/mol. The highest BCUT2D eigenvalue weighted by molar-refractivity contribution is 5.85. The van der Waals surface area contributed by atoms with Gasteiger partial charge in [0.15, 0.2) is 5.82 Å². The smallest absolute Gasteiger partial charge is 0.261 e. The van der Waals surface area contributed by atoms with E-state index in [2.05, 4.69) is 10.1 Å². The van der Waals surface area contributed by atoms with Crippen LogP contribution in [-0.2, 0) is 5.54 Å². The molecule has 2 N–H and O–H groups in total. The summed E-state index contributed by atoms with van der Waals surface area (Å²) >= 11 is 0. The normalized spacial score (nSPS) is 19.1. The van der Waals surface area contributed by atoms with Gasteiger partial charge in [0.2, 0.25) is 0 Å². The van der Waals surface area contributed by atoms with Gasteiger partial charge in [-0.25, -0.2) is 0 Å². The average molecular weight is 322 g/mol. The third kappa shape index (κ3) is 2.83. The van der Waals surface area contributed by atoms with Crippen LogP contribution in [0.4, 0.5) is 0 Å². The lowest BCUT2D eigenvalue weighted by atomic mass is 9.77. The molecule has 0 radical (unpaired) electrons. The molecular weight excluding hydrogens is 302 g/mol. The van der Waals surface area contributed by atoms with Crippen molar-refractivity contribution in [1.29, 1.82) is 0 Å². The van der Waals surface area contributed by atoms with Gasteiger partial charge in [-0.1, -0.05) is 17.3 Å². The van der Waals surface area contributed by atoms with Gasteiger partial charge >= 0.3 is 0 Å². The highest BCUT2D eigenvalue weighted by Crippen LogP contribution is 2.39. The van der Waals surface area contributed by atoms with E-state index in [0.29, 0.717) is 17.6 Å². The fraction of sp³-hybridized carbons (Fsp3) is 0.500. The molecule has 0 saturated heterocycles. The van der Waals surface area contributed by atoms with Gasteiger partial charge in [0.25, 0.3) is 5.89 Å². The van der Waals surface area contributed by atoms with Crippen molar-refractivity contribution in [2.75, 3.05) is 6.61 Å². The second-order valence-corrected chi connectivity index (χ2v) is 6.18. The zero-order chi connectivity index (χ0) is 14.3. The van der Waals surface area contributed by atoms with E-state index in [4.69, 9.17) is 15.0 Å². The van der Waals surface area contributed by atoms with Crippen molar-refractivity contribution in [3.05, 3.63) is 30.1 Å². The number of nitrogens with two attached hydrogens (primary N) is 1. The number of hydrogen-bond acceptors (Lipinski definition) is 5. The third-order valence-electron chi connectivity index (χ3n) is 4.41. The SMILES string of the molecule is Cl.NC1(c2noc(-c3ccccc3OCC3CC3)n2)CCC1. The van der Waals surface area contributed by atoms with Crippen molar-refractivity contribution < 1.29 is 9.26 Å². The van der Waals surface area contributed by atoms with Crippen molar-refractivity contribution in [3.8, 4) is 17.2 Å². The van der Waals surface area contributed by atoms with Crippen LogP contribution < -0.4 is 10.5 Å². The Hall–Kier alpha value is -1.59. The van der Waals surface area contributed by atoms with E-state index in [-0.39, 0.29) is 12.4 Å². The van der Waals surface area contributed by atoms with Gasteiger partial charge in [0, 0.05) is 0 Å². The first-order valence-corrected chi connectivity index (χ1v) is 7.60. The summed E-state index contributed by atoms with van der Waals surface area (Å²) in [7, 11) is 0. The summed E-state index contributed by atoms with van der Waals surface area (Å²) in [6, 6.07) is 7.80. The number of ether oxygens (including phenoxy) is 1. The molecule has 1 heterocycles. The fourth-order valence-corrected chi connectivity index (χ4v) is 2.58. The number of hydrogen-bond donors (Lipinski definition) is 1. The van der Waals surface area contributed by atoms with Crippen LogP contribution in [0.25, 0.3) is 11.5 Å². The number of para-hydroxylation sites is 1.